The third-order valence-corrected chi connectivity index (χ3v) is 5.67. The molecule has 1 saturated carbocycles. The lowest BCUT2D eigenvalue weighted by molar-refractivity contribution is 0.294. The Morgan fingerprint density at radius 2 is 1.87 bits per heavy atom. The van der Waals surface area contributed by atoms with Crippen LogP contribution in [0, 0.1) is 20.8 Å². The van der Waals surface area contributed by atoms with E-state index in [1.165, 1.54) is 0 Å². The minimum atomic E-state index is 0.250. The fourth-order valence-electron chi connectivity index (χ4n) is 3.58. The third kappa shape index (κ3) is 3.95. The van der Waals surface area contributed by atoms with Crippen LogP contribution in [0.3, 0.4) is 0 Å². The molecule has 0 unspecified atom stereocenters. The van der Waals surface area contributed by atoms with Gasteiger partial charge in [-0.2, -0.15) is 0 Å². The normalized spacial score (nSPS) is 13.5. The molecule has 1 aliphatic carbocycles. The second kappa shape index (κ2) is 7.85. The van der Waals surface area contributed by atoms with Crippen molar-refractivity contribution in [3.8, 4) is 23.0 Å². The van der Waals surface area contributed by atoms with Gasteiger partial charge in [0.05, 0.1) is 11.4 Å². The molecule has 158 valence electrons. The molecule has 6 nitrogen and oxygen atoms in total. The molecule has 0 bridgehead atoms. The highest BCUT2D eigenvalue weighted by molar-refractivity contribution is 6.30. The van der Waals surface area contributed by atoms with Crippen LogP contribution in [-0.4, -0.2) is 19.7 Å². The van der Waals surface area contributed by atoms with Crippen molar-refractivity contribution in [3.05, 3.63) is 76.0 Å². The first-order valence-corrected chi connectivity index (χ1v) is 10.8. The van der Waals surface area contributed by atoms with Gasteiger partial charge in [0.25, 0.3) is 0 Å². The summed E-state index contributed by atoms with van der Waals surface area (Å²) in [7, 11) is 0. The number of para-hydroxylation sites is 1. The van der Waals surface area contributed by atoms with Crippen molar-refractivity contribution in [2.24, 2.45) is 0 Å². The maximum Gasteiger partial charge on any atom is 0.201 e. The average molecular weight is 435 g/mol. The molecule has 0 amide bonds. The summed E-state index contributed by atoms with van der Waals surface area (Å²) in [5.41, 5.74) is 3.76. The van der Waals surface area contributed by atoms with Gasteiger partial charge in [0, 0.05) is 10.9 Å². The van der Waals surface area contributed by atoms with E-state index < -0.39 is 0 Å². The number of nitrogens with zero attached hydrogens (tertiary/aromatic N) is 4. The van der Waals surface area contributed by atoms with Gasteiger partial charge < -0.3 is 9.15 Å². The molecule has 4 aromatic rings. The molecule has 2 heterocycles. The SMILES string of the molecule is Cc1ccccc1OCc1nc(-c2oc(C3CC3)nc2C)n(-c2ccc(Cl)cc2C)n1. The number of hydrogen-bond donors (Lipinski definition) is 0. The Hall–Kier alpha value is -3.12. The van der Waals surface area contributed by atoms with Crippen molar-refractivity contribution in [2.45, 2.75) is 46.1 Å². The van der Waals surface area contributed by atoms with Crippen LogP contribution in [0.2, 0.25) is 5.02 Å². The molecule has 0 N–H and O–H groups in total. The number of ether oxygens (including phenoxy) is 1. The van der Waals surface area contributed by atoms with Gasteiger partial charge in [-0.25, -0.2) is 14.6 Å². The number of halogens is 1. The van der Waals surface area contributed by atoms with E-state index in [1.807, 2.05) is 63.2 Å². The Bertz CT molecular complexity index is 1260. The molecule has 5 rings (SSSR count). The summed E-state index contributed by atoms with van der Waals surface area (Å²) < 4.78 is 13.9. The van der Waals surface area contributed by atoms with Crippen molar-refractivity contribution in [1.82, 2.24) is 19.7 Å². The van der Waals surface area contributed by atoms with Crippen LogP contribution in [0.4, 0.5) is 0 Å². The van der Waals surface area contributed by atoms with Crippen LogP contribution in [0.1, 0.15) is 47.3 Å². The zero-order valence-electron chi connectivity index (χ0n) is 17.7. The van der Waals surface area contributed by atoms with Gasteiger partial charge in [0.15, 0.2) is 17.5 Å². The van der Waals surface area contributed by atoms with Crippen LogP contribution in [0.15, 0.2) is 46.9 Å². The number of aryl methyl sites for hydroxylation is 3. The van der Waals surface area contributed by atoms with Gasteiger partial charge in [-0.05, 0) is 69.0 Å². The van der Waals surface area contributed by atoms with Crippen molar-refractivity contribution < 1.29 is 9.15 Å². The van der Waals surface area contributed by atoms with Crippen LogP contribution in [0.5, 0.6) is 5.75 Å². The fourth-order valence-corrected chi connectivity index (χ4v) is 3.80. The van der Waals surface area contributed by atoms with Crippen LogP contribution < -0.4 is 4.74 Å². The predicted octanol–water partition coefficient (Wildman–Crippen LogP) is 5.96. The van der Waals surface area contributed by atoms with Crippen molar-refractivity contribution in [2.75, 3.05) is 0 Å². The van der Waals surface area contributed by atoms with E-state index in [4.69, 9.17) is 30.8 Å². The highest BCUT2D eigenvalue weighted by atomic mass is 35.5. The van der Waals surface area contributed by atoms with E-state index in [1.54, 1.807) is 4.68 Å². The molecule has 2 aromatic carbocycles. The number of rotatable bonds is 6. The summed E-state index contributed by atoms with van der Waals surface area (Å²) in [6.45, 7) is 6.21. The predicted molar refractivity (Wildman–Crippen MR) is 119 cm³/mol. The molecular weight excluding hydrogens is 412 g/mol. The molecule has 0 spiro atoms. The van der Waals surface area contributed by atoms with Crippen LogP contribution in [0.25, 0.3) is 17.3 Å². The second-order valence-electron chi connectivity index (χ2n) is 7.99. The highest BCUT2D eigenvalue weighted by Crippen LogP contribution is 2.41. The number of hydrogen-bond acceptors (Lipinski definition) is 5. The van der Waals surface area contributed by atoms with Crippen molar-refractivity contribution >= 4 is 11.6 Å². The van der Waals surface area contributed by atoms with Gasteiger partial charge in [-0.3, -0.25) is 0 Å². The fraction of sp³-hybridized carbons (Fsp3) is 0.292. The topological polar surface area (TPSA) is 66.0 Å². The average Bonchev–Trinajstić information content (AvgIpc) is 3.40. The standard InChI is InChI=1S/C24H23ClN4O2/c1-14-6-4-5-7-20(14)30-13-21-27-23(22-16(3)26-24(31-22)17-8-9-17)29(28-21)19-11-10-18(25)12-15(19)2/h4-7,10-12,17H,8-9,13H2,1-3H3. The van der Waals surface area contributed by atoms with E-state index in [-0.39, 0.29) is 6.61 Å². The molecule has 0 radical (unpaired) electrons. The zero-order chi connectivity index (χ0) is 21.5. The van der Waals surface area contributed by atoms with E-state index in [0.29, 0.717) is 28.3 Å². The second-order valence-corrected chi connectivity index (χ2v) is 8.43. The van der Waals surface area contributed by atoms with E-state index in [0.717, 1.165) is 47.0 Å². The molecule has 0 saturated heterocycles. The summed E-state index contributed by atoms with van der Waals surface area (Å²) in [5, 5.41) is 5.43. The largest absolute Gasteiger partial charge is 0.485 e. The van der Waals surface area contributed by atoms with Gasteiger partial charge in [-0.1, -0.05) is 29.8 Å². The summed E-state index contributed by atoms with van der Waals surface area (Å²) in [5.74, 6) is 3.85. The quantitative estimate of drug-likeness (QED) is 0.374. The summed E-state index contributed by atoms with van der Waals surface area (Å²) in [6.07, 6.45) is 2.25. The first-order valence-electron chi connectivity index (χ1n) is 10.4. The van der Waals surface area contributed by atoms with Gasteiger partial charge in [-0.15, -0.1) is 5.10 Å². The van der Waals surface area contributed by atoms with E-state index in [9.17, 15) is 0 Å². The monoisotopic (exact) mass is 434 g/mol. The van der Waals surface area contributed by atoms with Crippen LogP contribution >= 0.6 is 11.6 Å². The van der Waals surface area contributed by atoms with E-state index in [2.05, 4.69) is 4.98 Å². The smallest absolute Gasteiger partial charge is 0.201 e. The molecule has 1 fully saturated rings. The third-order valence-electron chi connectivity index (χ3n) is 5.43. The Kier molecular flexibility index (Phi) is 5.02. The Labute approximate surface area is 185 Å². The minimum absolute atomic E-state index is 0.250. The maximum atomic E-state index is 6.18. The first kappa shape index (κ1) is 19.8. The number of oxazole rings is 1. The summed E-state index contributed by atoms with van der Waals surface area (Å²) in [6, 6.07) is 13.6. The lowest BCUT2D eigenvalue weighted by Crippen LogP contribution is -2.03. The van der Waals surface area contributed by atoms with Crippen molar-refractivity contribution in [1.29, 1.82) is 0 Å². The molecule has 0 aliphatic heterocycles. The highest BCUT2D eigenvalue weighted by Gasteiger charge is 2.31. The molecule has 0 atom stereocenters. The lowest BCUT2D eigenvalue weighted by Gasteiger charge is -2.08. The molecule has 2 aromatic heterocycles. The molecular formula is C24H23ClN4O2. The van der Waals surface area contributed by atoms with Crippen LogP contribution in [-0.2, 0) is 6.61 Å². The van der Waals surface area contributed by atoms with E-state index >= 15 is 0 Å². The van der Waals surface area contributed by atoms with Gasteiger partial charge >= 0.3 is 0 Å². The molecule has 1 aliphatic rings. The Morgan fingerprint density at radius 1 is 1.06 bits per heavy atom. The maximum absolute atomic E-state index is 6.18. The zero-order valence-corrected chi connectivity index (χ0v) is 18.5. The number of benzene rings is 2. The minimum Gasteiger partial charge on any atom is -0.485 e. The number of aromatic nitrogens is 4. The lowest BCUT2D eigenvalue weighted by atomic mass is 10.2. The Morgan fingerprint density at radius 3 is 2.61 bits per heavy atom. The van der Waals surface area contributed by atoms with Crippen molar-refractivity contribution in [3.63, 3.8) is 0 Å². The first-order chi connectivity index (χ1) is 15.0. The van der Waals surface area contributed by atoms with Gasteiger partial charge in [0.1, 0.15) is 12.4 Å². The summed E-state index contributed by atoms with van der Waals surface area (Å²) >= 11 is 6.18. The Balaban J connectivity index is 1.55. The molecule has 31 heavy (non-hydrogen) atoms. The summed E-state index contributed by atoms with van der Waals surface area (Å²) in [4.78, 5) is 9.41. The van der Waals surface area contributed by atoms with Gasteiger partial charge in [0.2, 0.25) is 5.82 Å². The molecule has 7 heteroatoms.